The van der Waals surface area contributed by atoms with Crippen molar-refractivity contribution in [2.24, 2.45) is 0 Å². The van der Waals surface area contributed by atoms with Crippen molar-refractivity contribution in [2.45, 2.75) is 6.54 Å². The van der Waals surface area contributed by atoms with Gasteiger partial charge in [0.05, 0.1) is 5.02 Å². The van der Waals surface area contributed by atoms with Crippen LogP contribution in [0.2, 0.25) is 5.02 Å². The maximum absolute atomic E-state index is 5.89. The van der Waals surface area contributed by atoms with Gasteiger partial charge in [-0.05, 0) is 23.4 Å². The molecule has 0 saturated carbocycles. The van der Waals surface area contributed by atoms with E-state index in [1.807, 2.05) is 35.7 Å². The Morgan fingerprint density at radius 2 is 2.26 bits per heavy atom. The fourth-order valence-electron chi connectivity index (χ4n) is 1.69. The van der Waals surface area contributed by atoms with Gasteiger partial charge in [0.1, 0.15) is 0 Å². The van der Waals surface area contributed by atoms with Crippen LogP contribution in [0.1, 0.15) is 4.88 Å². The highest BCUT2D eigenvalue weighted by atomic mass is 35.5. The molecule has 1 aromatic carbocycles. The topological polar surface area (TPSA) is 66.5 Å². The molecule has 0 unspecified atom stereocenters. The number of thiophene rings is 1. The Morgan fingerprint density at radius 3 is 3.00 bits per heavy atom. The molecule has 0 amide bonds. The lowest BCUT2D eigenvalue weighted by molar-refractivity contribution is 0.881. The summed E-state index contributed by atoms with van der Waals surface area (Å²) in [4.78, 5) is 1.19. The van der Waals surface area contributed by atoms with Gasteiger partial charge in [-0.25, -0.2) is 0 Å². The highest BCUT2D eigenvalue weighted by molar-refractivity contribution is 7.10. The third-order valence-corrected chi connectivity index (χ3v) is 3.84. The molecule has 19 heavy (non-hydrogen) atoms. The molecule has 2 N–H and O–H groups in total. The molecule has 0 saturated heterocycles. The molecule has 0 aliphatic heterocycles. The fraction of sp³-hybridized carbons (Fsp3) is 0.0833. The van der Waals surface area contributed by atoms with Crippen LogP contribution in [0.5, 0.6) is 0 Å². The smallest absolute Gasteiger partial charge is 0.204 e. The number of halogens is 1. The average molecular weight is 292 g/mol. The van der Waals surface area contributed by atoms with E-state index in [1.165, 1.54) is 4.88 Å². The van der Waals surface area contributed by atoms with Crippen molar-refractivity contribution in [3.8, 4) is 11.4 Å². The van der Waals surface area contributed by atoms with Gasteiger partial charge < -0.3 is 5.32 Å². The molecule has 0 bridgehead atoms. The molecule has 3 aromatic rings. The Kier molecular flexibility index (Phi) is 3.43. The number of aromatic amines is 1. The lowest BCUT2D eigenvalue weighted by Gasteiger charge is -2.05. The van der Waals surface area contributed by atoms with E-state index < -0.39 is 0 Å². The maximum atomic E-state index is 5.89. The van der Waals surface area contributed by atoms with Gasteiger partial charge in [0, 0.05) is 28.1 Å². The number of aromatic nitrogens is 4. The summed E-state index contributed by atoms with van der Waals surface area (Å²) in [5, 5.41) is 20.0. The minimum atomic E-state index is 0.586. The molecule has 3 rings (SSSR count). The Hall–Kier alpha value is -1.92. The fourth-order valence-corrected chi connectivity index (χ4v) is 2.70. The van der Waals surface area contributed by atoms with Crippen LogP contribution in [0, 0.1) is 0 Å². The van der Waals surface area contributed by atoms with Gasteiger partial charge in [0.15, 0.2) is 0 Å². The zero-order chi connectivity index (χ0) is 13.1. The summed E-state index contributed by atoms with van der Waals surface area (Å²) >= 11 is 7.53. The Bertz CT molecular complexity index is 664. The van der Waals surface area contributed by atoms with Crippen LogP contribution in [0.4, 0.5) is 5.69 Å². The molecule has 0 spiro atoms. The van der Waals surface area contributed by atoms with E-state index in [-0.39, 0.29) is 0 Å². The molecular formula is C12H10ClN5S. The summed E-state index contributed by atoms with van der Waals surface area (Å²) in [6.45, 7) is 0.743. The molecule has 0 aliphatic carbocycles. The molecular weight excluding hydrogens is 282 g/mol. The first-order valence-corrected chi connectivity index (χ1v) is 6.88. The number of nitrogens with one attached hydrogen (secondary N) is 2. The van der Waals surface area contributed by atoms with Crippen molar-refractivity contribution in [2.75, 3.05) is 5.32 Å². The van der Waals surface area contributed by atoms with Gasteiger partial charge >= 0.3 is 0 Å². The van der Waals surface area contributed by atoms with Crippen LogP contribution in [0.25, 0.3) is 11.4 Å². The van der Waals surface area contributed by atoms with Gasteiger partial charge in [-0.2, -0.15) is 5.21 Å². The zero-order valence-corrected chi connectivity index (χ0v) is 11.4. The largest absolute Gasteiger partial charge is 0.380 e. The number of hydrogen-bond donors (Lipinski definition) is 2. The van der Waals surface area contributed by atoms with E-state index in [4.69, 9.17) is 11.6 Å². The molecule has 5 nitrogen and oxygen atoms in total. The molecule has 2 aromatic heterocycles. The van der Waals surface area contributed by atoms with E-state index in [0.29, 0.717) is 5.82 Å². The summed E-state index contributed by atoms with van der Waals surface area (Å²) in [6.07, 6.45) is 0. The Balaban J connectivity index is 1.73. The van der Waals surface area contributed by atoms with Crippen LogP contribution in [-0.2, 0) is 6.54 Å². The summed E-state index contributed by atoms with van der Waals surface area (Å²) in [5.74, 6) is 0.586. The highest BCUT2D eigenvalue weighted by Gasteiger charge is 2.04. The zero-order valence-electron chi connectivity index (χ0n) is 9.80. The maximum Gasteiger partial charge on any atom is 0.204 e. The number of rotatable bonds is 4. The summed E-state index contributed by atoms with van der Waals surface area (Å²) in [7, 11) is 0. The van der Waals surface area contributed by atoms with Crippen LogP contribution >= 0.6 is 22.9 Å². The third-order valence-electron chi connectivity index (χ3n) is 2.55. The second-order valence-corrected chi connectivity index (χ2v) is 5.33. The number of tetrazole rings is 1. The first-order valence-electron chi connectivity index (χ1n) is 5.62. The van der Waals surface area contributed by atoms with Gasteiger partial charge in [0.25, 0.3) is 0 Å². The normalized spacial score (nSPS) is 10.6. The number of H-pyrrole nitrogens is 1. The Morgan fingerprint density at radius 1 is 1.32 bits per heavy atom. The van der Waals surface area contributed by atoms with E-state index in [9.17, 15) is 0 Å². The number of benzene rings is 1. The summed E-state index contributed by atoms with van der Waals surface area (Å²) in [5.41, 5.74) is 1.93. The second-order valence-electron chi connectivity index (χ2n) is 3.90. The first kappa shape index (κ1) is 12.1. The number of nitrogens with zero attached hydrogens (tertiary/aromatic N) is 3. The lowest BCUT2D eigenvalue weighted by Crippen LogP contribution is -1.97. The van der Waals surface area contributed by atoms with Gasteiger partial charge in [0.2, 0.25) is 5.82 Å². The van der Waals surface area contributed by atoms with Crippen molar-refractivity contribution >= 4 is 28.6 Å². The minimum absolute atomic E-state index is 0.586. The molecule has 0 atom stereocenters. The average Bonchev–Trinajstić information content (AvgIpc) is 3.08. The van der Waals surface area contributed by atoms with E-state index in [0.717, 1.165) is 22.8 Å². The van der Waals surface area contributed by atoms with E-state index in [1.54, 1.807) is 11.3 Å². The minimum Gasteiger partial charge on any atom is -0.380 e. The quantitative estimate of drug-likeness (QED) is 0.775. The molecule has 2 heterocycles. The van der Waals surface area contributed by atoms with Crippen LogP contribution in [-0.4, -0.2) is 20.6 Å². The van der Waals surface area contributed by atoms with E-state index in [2.05, 4.69) is 25.9 Å². The van der Waals surface area contributed by atoms with Crippen molar-refractivity contribution in [1.82, 2.24) is 20.6 Å². The second kappa shape index (κ2) is 5.38. The molecule has 0 fully saturated rings. The predicted molar refractivity (Wildman–Crippen MR) is 76.3 cm³/mol. The third kappa shape index (κ3) is 2.91. The van der Waals surface area contributed by atoms with Gasteiger partial charge in [-0.15, -0.1) is 21.5 Å². The summed E-state index contributed by atoms with van der Waals surface area (Å²) in [6, 6.07) is 9.84. The van der Waals surface area contributed by atoms with Crippen molar-refractivity contribution < 1.29 is 0 Å². The van der Waals surface area contributed by atoms with Gasteiger partial charge in [-0.1, -0.05) is 23.7 Å². The molecule has 0 aliphatic rings. The first-order chi connectivity index (χ1) is 9.31. The number of anilines is 1. The standard InChI is InChI=1S/C12H10ClN5S/c13-9-5-11(19-7-9)6-14-10-3-1-2-8(4-10)12-15-17-18-16-12/h1-5,7,14H,6H2,(H,15,16,17,18). The number of hydrogen-bond acceptors (Lipinski definition) is 5. The van der Waals surface area contributed by atoms with Crippen molar-refractivity contribution in [3.05, 3.63) is 45.6 Å². The molecule has 7 heteroatoms. The summed E-state index contributed by atoms with van der Waals surface area (Å²) < 4.78 is 0. The lowest BCUT2D eigenvalue weighted by atomic mass is 10.2. The highest BCUT2D eigenvalue weighted by Crippen LogP contribution is 2.22. The molecule has 0 radical (unpaired) electrons. The predicted octanol–water partition coefficient (Wildman–Crippen LogP) is 3.19. The molecule has 96 valence electrons. The van der Waals surface area contributed by atoms with Crippen molar-refractivity contribution in [3.63, 3.8) is 0 Å². The van der Waals surface area contributed by atoms with Crippen LogP contribution in [0.15, 0.2) is 35.7 Å². The Labute approximate surface area is 118 Å². The van der Waals surface area contributed by atoms with Crippen LogP contribution in [0.3, 0.4) is 0 Å². The SMILES string of the molecule is Clc1csc(CNc2cccc(-c3nn[nH]n3)c2)c1. The van der Waals surface area contributed by atoms with E-state index >= 15 is 0 Å². The van der Waals surface area contributed by atoms with Gasteiger partial charge in [-0.3, -0.25) is 0 Å². The van der Waals surface area contributed by atoms with Crippen molar-refractivity contribution in [1.29, 1.82) is 0 Å². The monoisotopic (exact) mass is 291 g/mol. The van der Waals surface area contributed by atoms with Crippen LogP contribution < -0.4 is 5.32 Å².